The number of nitrogens with zero attached hydrogens (tertiary/aromatic N) is 2. The van der Waals surface area contributed by atoms with Gasteiger partial charge in [0.15, 0.2) is 6.61 Å². The topological polar surface area (TPSA) is 44.8 Å². The third-order valence-electron chi connectivity index (χ3n) is 4.21. The van der Waals surface area contributed by atoms with Crippen LogP contribution in [0.4, 0.5) is 11.4 Å². The van der Waals surface area contributed by atoms with Crippen molar-refractivity contribution in [2.45, 2.75) is 0 Å². The minimum Gasteiger partial charge on any atom is -0.484 e. The molecule has 1 amide bonds. The van der Waals surface area contributed by atoms with Gasteiger partial charge in [0.05, 0.1) is 11.4 Å². The van der Waals surface area contributed by atoms with E-state index in [1.165, 1.54) is 0 Å². The zero-order valence-electron chi connectivity index (χ0n) is 14.2. The van der Waals surface area contributed by atoms with Crippen LogP contribution in [0.5, 0.6) is 5.75 Å². The van der Waals surface area contributed by atoms with Gasteiger partial charge in [-0.05, 0) is 43.4 Å². The Morgan fingerprint density at radius 1 is 1.08 bits per heavy atom. The molecule has 1 saturated heterocycles. The van der Waals surface area contributed by atoms with E-state index in [4.69, 9.17) is 16.3 Å². The van der Waals surface area contributed by atoms with Gasteiger partial charge in [0.1, 0.15) is 5.75 Å². The number of rotatable bonds is 5. The molecule has 0 atom stereocenters. The van der Waals surface area contributed by atoms with E-state index in [0.717, 1.165) is 37.6 Å². The molecule has 0 aliphatic carbocycles. The summed E-state index contributed by atoms with van der Waals surface area (Å²) in [5.74, 6) is 0.434. The predicted octanol–water partition coefficient (Wildman–Crippen LogP) is 3.11. The summed E-state index contributed by atoms with van der Waals surface area (Å²) in [4.78, 5) is 16.9. The van der Waals surface area contributed by atoms with Crippen molar-refractivity contribution in [3.05, 3.63) is 53.6 Å². The first-order chi connectivity index (χ1) is 12.1. The van der Waals surface area contributed by atoms with E-state index >= 15 is 0 Å². The van der Waals surface area contributed by atoms with E-state index in [0.29, 0.717) is 10.8 Å². The van der Waals surface area contributed by atoms with Crippen LogP contribution in [0.1, 0.15) is 0 Å². The van der Waals surface area contributed by atoms with Crippen LogP contribution >= 0.6 is 11.6 Å². The molecule has 0 radical (unpaired) electrons. The van der Waals surface area contributed by atoms with Crippen LogP contribution in [0.2, 0.25) is 5.02 Å². The summed E-state index contributed by atoms with van der Waals surface area (Å²) in [5.41, 5.74) is 1.87. The Bertz CT molecular complexity index is 713. The van der Waals surface area contributed by atoms with Crippen LogP contribution in [0.15, 0.2) is 48.5 Å². The van der Waals surface area contributed by atoms with Crippen molar-refractivity contribution >= 4 is 28.9 Å². The predicted molar refractivity (Wildman–Crippen MR) is 102 cm³/mol. The smallest absolute Gasteiger partial charge is 0.262 e. The fourth-order valence-corrected chi connectivity index (χ4v) is 2.89. The number of carbonyl (C=O) groups is 1. The average Bonchev–Trinajstić information content (AvgIpc) is 2.63. The van der Waals surface area contributed by atoms with Gasteiger partial charge in [-0.15, -0.1) is 0 Å². The van der Waals surface area contributed by atoms with E-state index in [2.05, 4.69) is 22.2 Å². The number of piperazine rings is 1. The van der Waals surface area contributed by atoms with Crippen molar-refractivity contribution in [2.75, 3.05) is 50.1 Å². The second-order valence-corrected chi connectivity index (χ2v) is 6.53. The maximum Gasteiger partial charge on any atom is 0.262 e. The Balaban J connectivity index is 1.60. The van der Waals surface area contributed by atoms with E-state index in [-0.39, 0.29) is 12.5 Å². The number of hydrogen-bond acceptors (Lipinski definition) is 4. The highest BCUT2D eigenvalue weighted by Gasteiger charge is 2.17. The van der Waals surface area contributed by atoms with Crippen molar-refractivity contribution in [3.63, 3.8) is 0 Å². The van der Waals surface area contributed by atoms with Crippen molar-refractivity contribution < 1.29 is 9.53 Å². The SMILES string of the molecule is CN1CCN(c2ccccc2NC(=O)COc2ccc(Cl)cc2)CC1. The molecule has 132 valence electrons. The number of para-hydroxylation sites is 2. The van der Waals surface area contributed by atoms with Crippen molar-refractivity contribution in [1.82, 2.24) is 4.90 Å². The maximum atomic E-state index is 12.3. The molecule has 6 heteroatoms. The van der Waals surface area contributed by atoms with Gasteiger partial charge < -0.3 is 19.9 Å². The van der Waals surface area contributed by atoms with E-state index in [1.54, 1.807) is 24.3 Å². The van der Waals surface area contributed by atoms with Crippen LogP contribution in [-0.2, 0) is 4.79 Å². The standard InChI is InChI=1S/C19H22ClN3O2/c1-22-10-12-23(13-11-22)18-5-3-2-4-17(18)21-19(24)14-25-16-8-6-15(20)7-9-16/h2-9H,10-14H2,1H3,(H,21,24). The Morgan fingerprint density at radius 3 is 2.48 bits per heavy atom. The first-order valence-electron chi connectivity index (χ1n) is 8.32. The third-order valence-corrected chi connectivity index (χ3v) is 4.46. The lowest BCUT2D eigenvalue weighted by Crippen LogP contribution is -2.44. The molecule has 0 saturated carbocycles. The molecule has 0 spiro atoms. The Hall–Kier alpha value is -2.24. The molecule has 5 nitrogen and oxygen atoms in total. The van der Waals surface area contributed by atoms with Crippen molar-refractivity contribution in [1.29, 1.82) is 0 Å². The number of halogens is 1. The molecule has 1 heterocycles. The molecule has 2 aromatic rings. The summed E-state index contributed by atoms with van der Waals surface area (Å²) in [6.45, 7) is 3.89. The number of likely N-dealkylation sites (N-methyl/N-ethyl adjacent to an activating group) is 1. The second-order valence-electron chi connectivity index (χ2n) is 6.10. The third kappa shape index (κ3) is 4.87. The van der Waals surface area contributed by atoms with Crippen LogP contribution in [0.3, 0.4) is 0 Å². The maximum absolute atomic E-state index is 12.3. The highest BCUT2D eigenvalue weighted by atomic mass is 35.5. The van der Waals surface area contributed by atoms with Crippen LogP contribution in [-0.4, -0.2) is 50.6 Å². The van der Waals surface area contributed by atoms with Gasteiger partial charge in [0.25, 0.3) is 5.91 Å². The minimum absolute atomic E-state index is 0.0430. The number of ether oxygens (including phenoxy) is 1. The number of anilines is 2. The molecular formula is C19H22ClN3O2. The zero-order chi connectivity index (χ0) is 17.6. The van der Waals surface area contributed by atoms with Gasteiger partial charge in [-0.1, -0.05) is 23.7 Å². The normalized spacial score (nSPS) is 15.0. The van der Waals surface area contributed by atoms with E-state index in [1.807, 2.05) is 24.3 Å². The average molecular weight is 360 g/mol. The van der Waals surface area contributed by atoms with Gasteiger partial charge >= 0.3 is 0 Å². The van der Waals surface area contributed by atoms with Crippen LogP contribution in [0.25, 0.3) is 0 Å². The lowest BCUT2D eigenvalue weighted by molar-refractivity contribution is -0.118. The van der Waals surface area contributed by atoms with Gasteiger partial charge in [-0.25, -0.2) is 0 Å². The first-order valence-corrected chi connectivity index (χ1v) is 8.70. The summed E-state index contributed by atoms with van der Waals surface area (Å²) in [5, 5.41) is 3.59. The summed E-state index contributed by atoms with van der Waals surface area (Å²) < 4.78 is 5.50. The summed E-state index contributed by atoms with van der Waals surface area (Å²) in [6, 6.07) is 14.8. The second kappa shape index (κ2) is 8.23. The molecule has 25 heavy (non-hydrogen) atoms. The molecule has 1 N–H and O–H groups in total. The Morgan fingerprint density at radius 2 is 1.76 bits per heavy atom. The minimum atomic E-state index is -0.184. The molecule has 2 aromatic carbocycles. The lowest BCUT2D eigenvalue weighted by Gasteiger charge is -2.35. The molecule has 0 unspecified atom stereocenters. The van der Waals surface area contributed by atoms with Gasteiger partial charge in [0, 0.05) is 31.2 Å². The number of amides is 1. The van der Waals surface area contributed by atoms with Crippen molar-refractivity contribution in [3.8, 4) is 5.75 Å². The number of carbonyl (C=O) groups excluding carboxylic acids is 1. The van der Waals surface area contributed by atoms with Gasteiger partial charge in [-0.3, -0.25) is 4.79 Å². The fourth-order valence-electron chi connectivity index (χ4n) is 2.77. The highest BCUT2D eigenvalue weighted by Crippen LogP contribution is 2.26. The first kappa shape index (κ1) is 17.6. The Labute approximate surface area is 153 Å². The largest absolute Gasteiger partial charge is 0.484 e. The Kier molecular flexibility index (Phi) is 5.79. The summed E-state index contributed by atoms with van der Waals surface area (Å²) in [7, 11) is 2.12. The number of nitrogens with one attached hydrogen (secondary N) is 1. The van der Waals surface area contributed by atoms with Crippen LogP contribution in [0, 0.1) is 0 Å². The fraction of sp³-hybridized carbons (Fsp3) is 0.316. The molecule has 0 bridgehead atoms. The summed E-state index contributed by atoms with van der Waals surface area (Å²) in [6.07, 6.45) is 0. The molecule has 1 aliphatic rings. The molecule has 3 rings (SSSR count). The zero-order valence-corrected chi connectivity index (χ0v) is 15.0. The number of hydrogen-bond donors (Lipinski definition) is 1. The van der Waals surface area contributed by atoms with E-state index in [9.17, 15) is 4.79 Å². The quantitative estimate of drug-likeness (QED) is 0.891. The summed E-state index contributed by atoms with van der Waals surface area (Å²) >= 11 is 5.84. The van der Waals surface area contributed by atoms with E-state index < -0.39 is 0 Å². The van der Waals surface area contributed by atoms with Crippen molar-refractivity contribution in [2.24, 2.45) is 0 Å². The van der Waals surface area contributed by atoms with Gasteiger partial charge in [-0.2, -0.15) is 0 Å². The van der Waals surface area contributed by atoms with Crippen LogP contribution < -0.4 is 15.0 Å². The molecule has 1 fully saturated rings. The molecular weight excluding hydrogens is 338 g/mol. The molecule has 1 aliphatic heterocycles. The van der Waals surface area contributed by atoms with Gasteiger partial charge in [0.2, 0.25) is 0 Å². The molecule has 0 aromatic heterocycles. The highest BCUT2D eigenvalue weighted by molar-refractivity contribution is 6.30. The monoisotopic (exact) mass is 359 g/mol. The lowest BCUT2D eigenvalue weighted by atomic mass is 10.2. The number of benzene rings is 2.